The van der Waals surface area contributed by atoms with Crippen LogP contribution in [0.3, 0.4) is 0 Å². The predicted molar refractivity (Wildman–Crippen MR) is 289 cm³/mol. The summed E-state index contributed by atoms with van der Waals surface area (Å²) in [5.74, 6) is -1.52. The molecule has 9 aliphatic heterocycles. The van der Waals surface area contributed by atoms with Crippen LogP contribution < -0.4 is 0 Å². The number of fused-ring (bicyclic) bond motifs is 4. The van der Waals surface area contributed by atoms with E-state index in [0.29, 0.717) is 75.5 Å². The lowest BCUT2D eigenvalue weighted by Gasteiger charge is -2.47. The Hall–Kier alpha value is -2.17. The highest BCUT2D eigenvalue weighted by Gasteiger charge is 2.69. The SMILES string of the molecule is C=C1C[C@@H](OC(=O)c2ccccc2)CC[C@@]23CC4O[C@H]5[C@@H](O2)[C@H]2O[C@H](CC[C@@H]2O[C@H]5[C@H]4O3)CC(=O)CC2[C@H](C[C@H]3O[C@@H](CC[C@H]1O)C[C@@H](C)C3=C)O[C@H](C[C@@H](CO[Si](C)(C)C(C)(C)C)O[Si](C)(C)C(C)(C)C)[C@@H]2OC. The second-order valence-corrected chi connectivity index (χ2v) is 36.3. The van der Waals surface area contributed by atoms with Crippen molar-refractivity contribution >= 4 is 28.4 Å². The highest BCUT2D eigenvalue weighted by molar-refractivity contribution is 6.74. The van der Waals surface area contributed by atoms with Gasteiger partial charge in [0.2, 0.25) is 0 Å². The van der Waals surface area contributed by atoms with E-state index < -0.39 is 58.9 Å². The summed E-state index contributed by atoms with van der Waals surface area (Å²) in [6.45, 7) is 34.3. The largest absolute Gasteiger partial charge is 0.458 e. The Morgan fingerprint density at radius 1 is 0.773 bits per heavy atom. The maximum absolute atomic E-state index is 14.8. The monoisotopic (exact) mass is 1080 g/mol. The molecule has 10 rings (SSSR count). The lowest BCUT2D eigenvalue weighted by atomic mass is 9.81. The number of rotatable bonds is 10. The van der Waals surface area contributed by atoms with E-state index in [1.54, 1.807) is 19.2 Å². The lowest BCUT2D eigenvalue weighted by molar-refractivity contribution is -0.292. The fourth-order valence-corrected chi connectivity index (χ4v) is 15.2. The number of esters is 1. The molecule has 0 aliphatic carbocycles. The molecule has 9 saturated heterocycles. The predicted octanol–water partition coefficient (Wildman–Crippen LogP) is 10.3. The van der Waals surface area contributed by atoms with Gasteiger partial charge in [-0.3, -0.25) is 4.79 Å². The Bertz CT molecular complexity index is 2190. The zero-order valence-corrected chi connectivity index (χ0v) is 49.3. The van der Waals surface area contributed by atoms with Crippen molar-refractivity contribution in [1.82, 2.24) is 0 Å². The summed E-state index contributed by atoms with van der Waals surface area (Å²) in [5.41, 5.74) is 2.03. The Morgan fingerprint density at radius 2 is 1.45 bits per heavy atom. The van der Waals surface area contributed by atoms with Crippen LogP contribution in [-0.2, 0) is 56.3 Å². The first-order valence-electron chi connectivity index (χ1n) is 28.5. The van der Waals surface area contributed by atoms with Gasteiger partial charge in [0.15, 0.2) is 22.4 Å². The van der Waals surface area contributed by atoms with Crippen molar-refractivity contribution in [1.29, 1.82) is 0 Å². The van der Waals surface area contributed by atoms with E-state index in [1.165, 1.54) is 0 Å². The van der Waals surface area contributed by atoms with Crippen molar-refractivity contribution in [2.75, 3.05) is 13.7 Å². The maximum atomic E-state index is 14.8. The summed E-state index contributed by atoms with van der Waals surface area (Å²) < 4.78 is 75.6. The molecule has 9 fully saturated rings. The van der Waals surface area contributed by atoms with E-state index in [-0.39, 0.29) is 114 Å². The molecule has 0 amide bonds. The van der Waals surface area contributed by atoms with Crippen molar-refractivity contribution in [2.45, 2.75) is 272 Å². The molecule has 19 atom stereocenters. The zero-order valence-electron chi connectivity index (χ0n) is 47.3. The summed E-state index contributed by atoms with van der Waals surface area (Å²) >= 11 is 0. The van der Waals surface area contributed by atoms with Crippen LogP contribution in [0, 0.1) is 11.8 Å². The zero-order chi connectivity index (χ0) is 54.0. The fraction of sp³-hybridized carbons (Fsp3) is 0.797. The van der Waals surface area contributed by atoms with Crippen LogP contribution in [0.5, 0.6) is 0 Å². The van der Waals surface area contributed by atoms with Gasteiger partial charge < -0.3 is 56.6 Å². The normalized spacial score (nSPS) is 40.4. The van der Waals surface area contributed by atoms with E-state index >= 15 is 0 Å². The molecule has 2 unspecified atom stereocenters. The topological polar surface area (TPSA) is 156 Å². The lowest BCUT2D eigenvalue weighted by Crippen LogP contribution is -2.61. The van der Waals surface area contributed by atoms with Crippen LogP contribution in [0.15, 0.2) is 54.6 Å². The van der Waals surface area contributed by atoms with E-state index in [0.717, 1.165) is 12.0 Å². The molecule has 75 heavy (non-hydrogen) atoms. The van der Waals surface area contributed by atoms with Gasteiger partial charge in [-0.15, -0.1) is 0 Å². The molecule has 14 nitrogen and oxygen atoms in total. The van der Waals surface area contributed by atoms with Gasteiger partial charge in [-0.25, -0.2) is 4.79 Å². The highest BCUT2D eigenvalue weighted by atomic mass is 28.4. The molecule has 9 aliphatic rings. The van der Waals surface area contributed by atoms with E-state index in [4.69, 9.17) is 51.5 Å². The molecule has 16 heteroatoms. The number of carbonyl (C=O) groups is 2. The number of aliphatic hydroxyl groups is 1. The number of benzene rings is 1. The van der Waals surface area contributed by atoms with Gasteiger partial charge in [0, 0.05) is 58.0 Å². The first-order chi connectivity index (χ1) is 35.2. The van der Waals surface area contributed by atoms with Crippen molar-refractivity contribution in [3.05, 3.63) is 60.2 Å². The number of hydrogen-bond donors (Lipinski definition) is 1. The van der Waals surface area contributed by atoms with Crippen molar-refractivity contribution in [3.8, 4) is 0 Å². The van der Waals surface area contributed by atoms with Crippen molar-refractivity contribution in [2.24, 2.45) is 11.8 Å². The minimum atomic E-state index is -2.28. The Kier molecular flexibility index (Phi) is 17.2. The first kappa shape index (κ1) is 57.5. The van der Waals surface area contributed by atoms with Crippen LogP contribution in [-0.4, -0.2) is 151 Å². The quantitative estimate of drug-likeness (QED) is 0.134. The highest BCUT2D eigenvalue weighted by Crippen LogP contribution is 2.54. The molecule has 0 aromatic heterocycles. The number of methoxy groups -OCH3 is 1. The van der Waals surface area contributed by atoms with Gasteiger partial charge in [-0.05, 0) is 104 Å². The Labute approximate surface area is 450 Å². The van der Waals surface area contributed by atoms with Crippen LogP contribution in [0.2, 0.25) is 36.3 Å². The number of hydrogen-bond acceptors (Lipinski definition) is 14. The molecule has 1 spiro atoms. The van der Waals surface area contributed by atoms with Gasteiger partial charge >= 0.3 is 5.97 Å². The van der Waals surface area contributed by atoms with E-state index in [1.807, 2.05) is 18.2 Å². The number of aliphatic hydroxyl groups excluding tert-OH is 1. The van der Waals surface area contributed by atoms with Gasteiger partial charge in [-0.1, -0.05) is 79.8 Å². The molecule has 0 saturated carbocycles. The molecule has 0 radical (unpaired) electrons. The molecule has 1 aromatic carbocycles. The number of Topliss-reactive ketones (excluding diaryl/α,β-unsaturated/α-hetero) is 1. The van der Waals surface area contributed by atoms with Gasteiger partial charge in [0.05, 0.1) is 73.2 Å². The van der Waals surface area contributed by atoms with Crippen LogP contribution in [0.1, 0.15) is 142 Å². The minimum absolute atomic E-state index is 0.0201. The summed E-state index contributed by atoms with van der Waals surface area (Å²) in [5, 5.41) is 11.8. The average Bonchev–Trinajstić information content (AvgIpc) is 3.90. The number of carbonyl (C=O) groups excluding carboxylic acids is 2. The third-order valence-electron chi connectivity index (χ3n) is 19.4. The minimum Gasteiger partial charge on any atom is -0.458 e. The summed E-state index contributed by atoms with van der Waals surface area (Å²) in [4.78, 5) is 28.4. The molecule has 420 valence electrons. The van der Waals surface area contributed by atoms with Crippen LogP contribution in [0.4, 0.5) is 0 Å². The number of ether oxygens (including phenoxy) is 9. The molecule has 1 aromatic rings. The van der Waals surface area contributed by atoms with Crippen LogP contribution >= 0.6 is 0 Å². The summed E-state index contributed by atoms with van der Waals surface area (Å²) in [6.07, 6.45) is 0.0300. The molecular formula is C59H92O14Si2. The smallest absolute Gasteiger partial charge is 0.338 e. The second kappa shape index (κ2) is 22.4. The van der Waals surface area contributed by atoms with E-state index in [9.17, 15) is 14.7 Å². The van der Waals surface area contributed by atoms with Gasteiger partial charge in [0.25, 0.3) is 0 Å². The van der Waals surface area contributed by atoms with Crippen LogP contribution in [0.25, 0.3) is 0 Å². The first-order valence-corrected chi connectivity index (χ1v) is 34.3. The van der Waals surface area contributed by atoms with Crippen molar-refractivity contribution < 1.29 is 66.2 Å². The molecule has 10 bridgehead atoms. The molecular weight excluding hydrogens is 989 g/mol. The van der Waals surface area contributed by atoms with Gasteiger partial charge in [-0.2, -0.15) is 0 Å². The average molecular weight is 1080 g/mol. The van der Waals surface area contributed by atoms with Crippen molar-refractivity contribution in [3.63, 3.8) is 0 Å². The third kappa shape index (κ3) is 12.4. The maximum Gasteiger partial charge on any atom is 0.338 e. The molecule has 9 heterocycles. The third-order valence-corrected chi connectivity index (χ3v) is 28.4. The second-order valence-electron chi connectivity index (χ2n) is 26.8. The van der Waals surface area contributed by atoms with E-state index in [2.05, 4.69) is 87.8 Å². The Morgan fingerprint density at radius 3 is 2.16 bits per heavy atom. The molecule has 1 N–H and O–H groups in total. The Balaban J connectivity index is 1.00. The summed E-state index contributed by atoms with van der Waals surface area (Å²) in [7, 11) is -2.69. The number of ketones is 1. The fourth-order valence-electron chi connectivity index (χ4n) is 12.8. The summed E-state index contributed by atoms with van der Waals surface area (Å²) in [6, 6.07) is 8.96. The standard InChI is InChI=1S/C59H92O14Si2/c1-34-26-39-20-22-44(61)35(2)27-41(67-56(62)37-18-16-15-17-19-37)24-25-59-32-49-52(71-59)53-54(70-49)55(72-59)51-45(69-53)23-21-40(66-51)28-38(60)29-43-47(31-46(65-39)36(34)3)68-48(50(43)63-10)30-42(73-75(13,14)58(7,8)9)33-64-74(11,12)57(4,5)6/h15-19,34,39-55,61H,2-3,20-33H2,1,4-14H3/t34-,39+,40-,41+,42+,43?,44-,45+,46-,47+,48-,49?,50-,51+,52+,53+,54-,55+,59+/m1/s1. The van der Waals surface area contributed by atoms with Gasteiger partial charge in [0.1, 0.15) is 42.4 Å².